The SMILES string of the molecule is FC1=C[C]2C=C[C]1c1ccc2cc1. The predicted molar refractivity (Wildman–Crippen MR) is 49.5 cm³/mol. The minimum absolute atomic E-state index is 0.126. The van der Waals surface area contributed by atoms with Gasteiger partial charge in [0.15, 0.2) is 0 Å². The molecule has 1 heteroatoms. The van der Waals surface area contributed by atoms with Gasteiger partial charge in [0.2, 0.25) is 0 Å². The van der Waals surface area contributed by atoms with E-state index in [0.29, 0.717) is 5.92 Å². The fraction of sp³-hybridized carbons (Fsp3) is 0. The third kappa shape index (κ3) is 0.902. The number of allylic oxidation sites excluding steroid dienone is 4. The van der Waals surface area contributed by atoms with Crippen LogP contribution in [0.25, 0.3) is 0 Å². The van der Waals surface area contributed by atoms with E-state index in [1.165, 1.54) is 0 Å². The van der Waals surface area contributed by atoms with Gasteiger partial charge in [-0.2, -0.15) is 0 Å². The lowest BCUT2D eigenvalue weighted by molar-refractivity contribution is 0.631. The van der Waals surface area contributed by atoms with E-state index in [4.69, 9.17) is 0 Å². The summed E-state index contributed by atoms with van der Waals surface area (Å²) in [7, 11) is 0. The largest absolute Gasteiger partial charge is 0.211 e. The maximum atomic E-state index is 13.4. The normalized spacial score (nSPS) is 20.2. The maximum Gasteiger partial charge on any atom is 0.113 e. The zero-order valence-electron chi connectivity index (χ0n) is 6.92. The summed E-state index contributed by atoms with van der Waals surface area (Å²) in [6, 6.07) is 7.97. The molecule has 1 aromatic carbocycles. The van der Waals surface area contributed by atoms with Crippen molar-refractivity contribution >= 4 is 0 Å². The van der Waals surface area contributed by atoms with Crippen molar-refractivity contribution in [2.45, 2.75) is 0 Å². The van der Waals surface area contributed by atoms with Crippen molar-refractivity contribution in [3.63, 3.8) is 0 Å². The van der Waals surface area contributed by atoms with Crippen LogP contribution < -0.4 is 0 Å². The molecule has 0 amide bonds. The number of rotatable bonds is 0. The van der Waals surface area contributed by atoms with Crippen molar-refractivity contribution in [3.05, 3.63) is 71.3 Å². The molecule has 4 bridgehead atoms. The first-order valence-electron chi connectivity index (χ1n) is 4.25. The van der Waals surface area contributed by atoms with Crippen LogP contribution in [0.15, 0.2) is 48.3 Å². The Kier molecular flexibility index (Phi) is 1.26. The second kappa shape index (κ2) is 2.32. The lowest BCUT2D eigenvalue weighted by Crippen LogP contribution is -2.09. The first-order valence-corrected chi connectivity index (χ1v) is 4.25. The molecular weight excluding hydrogens is 163 g/mol. The Bertz CT molecular complexity index is 398. The van der Waals surface area contributed by atoms with E-state index >= 15 is 0 Å². The molecule has 1 aromatic rings. The minimum Gasteiger partial charge on any atom is -0.211 e. The van der Waals surface area contributed by atoms with E-state index in [2.05, 4.69) is 0 Å². The van der Waals surface area contributed by atoms with Gasteiger partial charge in [-0.3, -0.25) is 0 Å². The molecule has 0 aliphatic heterocycles. The third-order valence-corrected chi connectivity index (χ3v) is 2.50. The smallest absolute Gasteiger partial charge is 0.113 e. The second-order valence-corrected chi connectivity index (χ2v) is 3.27. The Morgan fingerprint density at radius 1 is 0.846 bits per heavy atom. The highest BCUT2D eigenvalue weighted by Crippen LogP contribution is 2.37. The van der Waals surface area contributed by atoms with E-state index < -0.39 is 0 Å². The Morgan fingerprint density at radius 3 is 2.23 bits per heavy atom. The molecule has 0 spiro atoms. The number of hydrogen-bond acceptors (Lipinski definition) is 0. The molecular formula is C12H7F. The Balaban J connectivity index is 2.31. The summed E-state index contributed by atoms with van der Waals surface area (Å²) in [6.07, 6.45) is 5.39. The number of halogens is 1. The van der Waals surface area contributed by atoms with Crippen molar-refractivity contribution in [1.29, 1.82) is 0 Å². The van der Waals surface area contributed by atoms with Crippen molar-refractivity contribution in [2.75, 3.05) is 0 Å². The van der Waals surface area contributed by atoms with Crippen LogP contribution in [0.3, 0.4) is 0 Å². The van der Waals surface area contributed by atoms with Gasteiger partial charge in [-0.05, 0) is 17.2 Å². The van der Waals surface area contributed by atoms with E-state index in [9.17, 15) is 4.39 Å². The van der Waals surface area contributed by atoms with E-state index in [0.717, 1.165) is 17.0 Å². The van der Waals surface area contributed by atoms with Crippen LogP contribution in [0.4, 0.5) is 4.39 Å². The van der Waals surface area contributed by atoms with Crippen LogP contribution in [0.5, 0.6) is 0 Å². The van der Waals surface area contributed by atoms with Gasteiger partial charge in [-0.15, -0.1) is 0 Å². The van der Waals surface area contributed by atoms with Gasteiger partial charge < -0.3 is 0 Å². The highest BCUT2D eigenvalue weighted by molar-refractivity contribution is 5.61. The number of hydrogen-bond donors (Lipinski definition) is 0. The van der Waals surface area contributed by atoms with Crippen LogP contribution in [0.1, 0.15) is 11.1 Å². The molecule has 0 saturated carbocycles. The van der Waals surface area contributed by atoms with Crippen molar-refractivity contribution in [3.8, 4) is 0 Å². The van der Waals surface area contributed by atoms with Gasteiger partial charge in [0.05, 0.1) is 11.8 Å². The molecule has 0 fully saturated rings. The van der Waals surface area contributed by atoms with Crippen molar-refractivity contribution < 1.29 is 4.39 Å². The summed E-state index contributed by atoms with van der Waals surface area (Å²) in [5.74, 6) is 1.52. The van der Waals surface area contributed by atoms with Gasteiger partial charge in [0.25, 0.3) is 0 Å². The summed E-state index contributed by atoms with van der Waals surface area (Å²) >= 11 is 0. The minimum atomic E-state index is -0.126. The molecule has 0 heterocycles. The zero-order valence-corrected chi connectivity index (χ0v) is 6.92. The Morgan fingerprint density at radius 2 is 1.54 bits per heavy atom. The standard InChI is InChI=1S/C12H7F/c13-12-7-10-5-6-11(12)9-3-1-8(10)2-4-9/h1-7H. The van der Waals surface area contributed by atoms with Crippen molar-refractivity contribution in [1.82, 2.24) is 0 Å². The lowest BCUT2D eigenvalue weighted by Gasteiger charge is -2.22. The average molecular weight is 170 g/mol. The fourth-order valence-corrected chi connectivity index (χ4v) is 1.77. The first kappa shape index (κ1) is 7.07. The Labute approximate surface area is 76.4 Å². The van der Waals surface area contributed by atoms with E-state index in [-0.39, 0.29) is 5.83 Å². The predicted octanol–water partition coefficient (Wildman–Crippen LogP) is 2.97. The van der Waals surface area contributed by atoms with Crippen molar-refractivity contribution in [2.24, 2.45) is 0 Å². The second-order valence-electron chi connectivity index (χ2n) is 3.27. The Hall–Kier alpha value is -1.37. The first-order chi connectivity index (χ1) is 6.34. The molecule has 6 rings (SSSR count). The lowest BCUT2D eigenvalue weighted by atomic mass is 9.82. The maximum absolute atomic E-state index is 13.4. The van der Waals surface area contributed by atoms with Gasteiger partial charge in [0, 0.05) is 0 Å². The molecule has 0 atom stereocenters. The van der Waals surface area contributed by atoms with Crippen LogP contribution in [-0.4, -0.2) is 0 Å². The van der Waals surface area contributed by atoms with E-state index in [1.807, 2.05) is 36.4 Å². The van der Waals surface area contributed by atoms with Crippen LogP contribution in [-0.2, 0) is 0 Å². The molecule has 0 aromatic heterocycles. The molecule has 0 N–H and O–H groups in total. The molecule has 0 unspecified atom stereocenters. The molecule has 62 valence electrons. The monoisotopic (exact) mass is 170 g/mol. The van der Waals surface area contributed by atoms with Crippen LogP contribution >= 0.6 is 0 Å². The molecule has 13 heavy (non-hydrogen) atoms. The summed E-state index contributed by atoms with van der Waals surface area (Å²) in [6.45, 7) is 0. The summed E-state index contributed by atoms with van der Waals surface area (Å²) in [5.41, 5.74) is 2.03. The fourth-order valence-electron chi connectivity index (χ4n) is 1.77. The zero-order chi connectivity index (χ0) is 8.84. The highest BCUT2D eigenvalue weighted by atomic mass is 19.1. The topological polar surface area (TPSA) is 0 Å². The van der Waals surface area contributed by atoms with Gasteiger partial charge in [-0.1, -0.05) is 36.4 Å². The summed E-state index contributed by atoms with van der Waals surface area (Å²) in [5, 5.41) is 0. The molecule has 0 saturated heterocycles. The highest BCUT2D eigenvalue weighted by Gasteiger charge is 2.24. The quantitative estimate of drug-likeness (QED) is 0.561. The van der Waals surface area contributed by atoms with E-state index in [1.54, 1.807) is 6.08 Å². The van der Waals surface area contributed by atoms with Gasteiger partial charge in [0.1, 0.15) is 5.83 Å². The van der Waals surface area contributed by atoms with Crippen LogP contribution in [0.2, 0.25) is 0 Å². The average Bonchev–Trinajstić information content (AvgIpc) is 2.13. The molecule has 5 aliphatic rings. The summed E-state index contributed by atoms with van der Waals surface area (Å²) in [4.78, 5) is 0. The number of benzene rings is 1. The molecule has 5 aliphatic carbocycles. The van der Waals surface area contributed by atoms with Crippen LogP contribution in [0, 0.1) is 11.8 Å². The van der Waals surface area contributed by atoms with Gasteiger partial charge in [-0.25, -0.2) is 4.39 Å². The third-order valence-electron chi connectivity index (χ3n) is 2.50. The summed E-state index contributed by atoms with van der Waals surface area (Å²) < 4.78 is 13.4. The van der Waals surface area contributed by atoms with Gasteiger partial charge >= 0.3 is 0 Å². The molecule has 2 radical (unpaired) electrons. The molecule has 0 nitrogen and oxygen atoms in total.